The summed E-state index contributed by atoms with van der Waals surface area (Å²) in [6.07, 6.45) is 0. The summed E-state index contributed by atoms with van der Waals surface area (Å²) >= 11 is 1.39. The summed E-state index contributed by atoms with van der Waals surface area (Å²) in [6, 6.07) is 4.01. The first-order chi connectivity index (χ1) is 7.69. The van der Waals surface area contributed by atoms with Crippen LogP contribution in [0.1, 0.15) is 18.3 Å². The zero-order valence-electron chi connectivity index (χ0n) is 9.61. The first-order valence-corrected chi connectivity index (χ1v) is 5.99. The summed E-state index contributed by atoms with van der Waals surface area (Å²) in [5.74, 6) is 0.773. The summed E-state index contributed by atoms with van der Waals surface area (Å²) in [5.41, 5.74) is 3.02. The summed E-state index contributed by atoms with van der Waals surface area (Å²) in [6.45, 7) is 6.87. The van der Waals surface area contributed by atoms with Crippen molar-refractivity contribution in [3.05, 3.63) is 23.5 Å². The summed E-state index contributed by atoms with van der Waals surface area (Å²) in [7, 11) is 0. The third-order valence-electron chi connectivity index (χ3n) is 2.09. The lowest BCUT2D eigenvalue weighted by atomic mass is 10.2. The molecule has 2 aromatic rings. The van der Waals surface area contributed by atoms with E-state index in [0.717, 1.165) is 34.5 Å². The maximum atomic E-state index is 4.42. The van der Waals surface area contributed by atoms with Crippen LogP contribution in [0.5, 0.6) is 0 Å². The summed E-state index contributed by atoms with van der Waals surface area (Å²) < 4.78 is 4.33. The molecule has 2 heterocycles. The molecule has 16 heavy (non-hydrogen) atoms. The van der Waals surface area contributed by atoms with Crippen molar-refractivity contribution >= 4 is 16.7 Å². The quantitative estimate of drug-likeness (QED) is 0.887. The molecule has 0 aliphatic carbocycles. The van der Waals surface area contributed by atoms with Gasteiger partial charge in [0.1, 0.15) is 0 Å². The van der Waals surface area contributed by atoms with Crippen LogP contribution < -0.4 is 5.32 Å². The van der Waals surface area contributed by atoms with Crippen LogP contribution >= 0.6 is 11.5 Å². The van der Waals surface area contributed by atoms with Gasteiger partial charge in [-0.25, -0.2) is 0 Å². The molecule has 2 rings (SSSR count). The van der Waals surface area contributed by atoms with E-state index in [1.165, 1.54) is 11.5 Å². The standard InChI is InChI=1S/C11H14N4S/c1-4-12-11-14-10(15-16-11)9-5-7(2)13-8(3)6-9/h5-6H,4H2,1-3H3,(H,12,14,15). The van der Waals surface area contributed by atoms with Crippen LogP contribution in [0.25, 0.3) is 11.4 Å². The van der Waals surface area contributed by atoms with Crippen LogP contribution in [-0.2, 0) is 0 Å². The van der Waals surface area contributed by atoms with Gasteiger partial charge >= 0.3 is 0 Å². The van der Waals surface area contributed by atoms with Crippen molar-refractivity contribution in [2.24, 2.45) is 0 Å². The van der Waals surface area contributed by atoms with Gasteiger partial charge in [0, 0.05) is 35.0 Å². The Balaban J connectivity index is 2.34. The minimum atomic E-state index is 0.773. The van der Waals surface area contributed by atoms with E-state index in [-0.39, 0.29) is 0 Å². The van der Waals surface area contributed by atoms with Gasteiger partial charge in [-0.15, -0.1) is 0 Å². The molecule has 0 atom stereocenters. The van der Waals surface area contributed by atoms with Gasteiger partial charge in [-0.3, -0.25) is 4.98 Å². The number of rotatable bonds is 3. The number of nitrogens with zero attached hydrogens (tertiary/aromatic N) is 3. The summed E-state index contributed by atoms with van der Waals surface area (Å²) in [5, 5.41) is 4.02. The number of hydrogen-bond donors (Lipinski definition) is 1. The van der Waals surface area contributed by atoms with Gasteiger partial charge in [-0.1, -0.05) is 0 Å². The monoisotopic (exact) mass is 234 g/mol. The lowest BCUT2D eigenvalue weighted by Gasteiger charge is -1.99. The molecule has 0 radical (unpaired) electrons. The molecule has 0 saturated carbocycles. The van der Waals surface area contributed by atoms with E-state index in [1.807, 2.05) is 32.9 Å². The molecule has 2 aromatic heterocycles. The normalized spacial score (nSPS) is 10.4. The van der Waals surface area contributed by atoms with Gasteiger partial charge in [0.05, 0.1) is 0 Å². The first kappa shape index (κ1) is 11.0. The molecule has 0 amide bonds. The molecule has 0 aliphatic rings. The number of hydrogen-bond acceptors (Lipinski definition) is 5. The van der Waals surface area contributed by atoms with Crippen molar-refractivity contribution in [2.45, 2.75) is 20.8 Å². The van der Waals surface area contributed by atoms with Gasteiger partial charge in [0.25, 0.3) is 0 Å². The molecule has 1 N–H and O–H groups in total. The second-order valence-electron chi connectivity index (χ2n) is 3.59. The Morgan fingerprint density at radius 2 is 1.88 bits per heavy atom. The van der Waals surface area contributed by atoms with Crippen LogP contribution in [0.2, 0.25) is 0 Å². The van der Waals surface area contributed by atoms with E-state index in [2.05, 4.69) is 19.7 Å². The highest BCUT2D eigenvalue weighted by molar-refractivity contribution is 7.09. The number of aryl methyl sites for hydroxylation is 2. The maximum absolute atomic E-state index is 4.42. The minimum Gasteiger partial charge on any atom is -0.361 e. The van der Waals surface area contributed by atoms with E-state index >= 15 is 0 Å². The van der Waals surface area contributed by atoms with Crippen LogP contribution in [0, 0.1) is 13.8 Å². The molecule has 0 bridgehead atoms. The third-order valence-corrected chi connectivity index (χ3v) is 2.77. The van der Waals surface area contributed by atoms with Crippen molar-refractivity contribution in [3.8, 4) is 11.4 Å². The van der Waals surface area contributed by atoms with E-state index in [1.54, 1.807) is 0 Å². The Hall–Kier alpha value is -1.49. The molecule has 0 spiro atoms. The summed E-state index contributed by atoms with van der Waals surface area (Å²) in [4.78, 5) is 8.76. The first-order valence-electron chi connectivity index (χ1n) is 5.22. The minimum absolute atomic E-state index is 0.773. The number of nitrogens with one attached hydrogen (secondary N) is 1. The van der Waals surface area contributed by atoms with Crippen molar-refractivity contribution in [2.75, 3.05) is 11.9 Å². The fraction of sp³-hybridized carbons (Fsp3) is 0.364. The van der Waals surface area contributed by atoms with Crippen molar-refractivity contribution in [3.63, 3.8) is 0 Å². The second kappa shape index (κ2) is 4.57. The van der Waals surface area contributed by atoms with Crippen LogP contribution in [0.15, 0.2) is 12.1 Å². The van der Waals surface area contributed by atoms with Gasteiger partial charge in [-0.2, -0.15) is 9.36 Å². The van der Waals surface area contributed by atoms with E-state index in [0.29, 0.717) is 0 Å². The highest BCUT2D eigenvalue weighted by Crippen LogP contribution is 2.21. The second-order valence-corrected chi connectivity index (χ2v) is 4.34. The molecule has 0 fully saturated rings. The van der Waals surface area contributed by atoms with Gasteiger partial charge in [0.15, 0.2) is 5.82 Å². The smallest absolute Gasteiger partial charge is 0.202 e. The SMILES string of the molecule is CCNc1nc(-c2cc(C)nc(C)c2)ns1. The van der Waals surface area contributed by atoms with E-state index in [4.69, 9.17) is 0 Å². The third kappa shape index (κ3) is 2.36. The predicted octanol–water partition coefficient (Wildman–Crippen LogP) is 2.65. The lowest BCUT2D eigenvalue weighted by molar-refractivity contribution is 1.12. The highest BCUT2D eigenvalue weighted by Gasteiger charge is 2.07. The van der Waals surface area contributed by atoms with Crippen molar-refractivity contribution < 1.29 is 0 Å². The Kier molecular flexibility index (Phi) is 3.14. The Bertz CT molecular complexity index is 472. The molecule has 4 nitrogen and oxygen atoms in total. The number of anilines is 1. The molecule has 0 unspecified atom stereocenters. The van der Waals surface area contributed by atoms with Crippen LogP contribution in [-0.4, -0.2) is 20.9 Å². The van der Waals surface area contributed by atoms with E-state index < -0.39 is 0 Å². The zero-order chi connectivity index (χ0) is 11.5. The molecule has 5 heteroatoms. The predicted molar refractivity (Wildman–Crippen MR) is 66.8 cm³/mol. The molecule has 0 aliphatic heterocycles. The number of aromatic nitrogens is 3. The largest absolute Gasteiger partial charge is 0.361 e. The zero-order valence-corrected chi connectivity index (χ0v) is 10.4. The van der Waals surface area contributed by atoms with Crippen molar-refractivity contribution in [1.29, 1.82) is 0 Å². The highest BCUT2D eigenvalue weighted by atomic mass is 32.1. The fourth-order valence-electron chi connectivity index (χ4n) is 1.53. The van der Waals surface area contributed by atoms with Gasteiger partial charge < -0.3 is 5.32 Å². The Morgan fingerprint density at radius 3 is 2.50 bits per heavy atom. The average Bonchev–Trinajstić information content (AvgIpc) is 2.65. The van der Waals surface area contributed by atoms with Gasteiger partial charge in [-0.05, 0) is 32.9 Å². The topological polar surface area (TPSA) is 50.7 Å². The molecular weight excluding hydrogens is 220 g/mol. The molecule has 0 aromatic carbocycles. The average molecular weight is 234 g/mol. The molecular formula is C11H14N4S. The van der Waals surface area contributed by atoms with Crippen LogP contribution in [0.4, 0.5) is 5.13 Å². The lowest BCUT2D eigenvalue weighted by Crippen LogP contribution is -1.95. The molecule has 84 valence electrons. The fourth-order valence-corrected chi connectivity index (χ4v) is 2.18. The Labute approximate surface area is 98.9 Å². The molecule has 0 saturated heterocycles. The van der Waals surface area contributed by atoms with E-state index in [9.17, 15) is 0 Å². The Morgan fingerprint density at radius 1 is 1.19 bits per heavy atom. The van der Waals surface area contributed by atoms with Crippen LogP contribution in [0.3, 0.4) is 0 Å². The van der Waals surface area contributed by atoms with Gasteiger partial charge in [0.2, 0.25) is 5.13 Å². The maximum Gasteiger partial charge on any atom is 0.202 e. The van der Waals surface area contributed by atoms with Crippen molar-refractivity contribution in [1.82, 2.24) is 14.3 Å². The number of pyridine rings is 1.